The van der Waals surface area contributed by atoms with E-state index in [2.05, 4.69) is 10.0 Å². The van der Waals surface area contributed by atoms with Crippen LogP contribution in [0.3, 0.4) is 0 Å². The summed E-state index contributed by atoms with van der Waals surface area (Å²) in [5, 5.41) is 2.69. The Morgan fingerprint density at radius 1 is 0.969 bits per heavy atom. The molecule has 168 valence electrons. The fraction of sp³-hybridized carbons (Fsp3) is 0.174. The van der Waals surface area contributed by atoms with Gasteiger partial charge in [-0.2, -0.15) is 0 Å². The topological polar surface area (TPSA) is 93.7 Å². The van der Waals surface area contributed by atoms with E-state index in [0.29, 0.717) is 22.6 Å². The summed E-state index contributed by atoms with van der Waals surface area (Å²) in [5.41, 5.74) is 1.71. The molecule has 0 aliphatic heterocycles. The maximum atomic E-state index is 13.8. The zero-order valence-electron chi connectivity index (χ0n) is 17.8. The zero-order valence-corrected chi connectivity index (χ0v) is 18.6. The number of sulfonamides is 1. The number of carbonyl (C=O) groups is 1. The molecule has 3 aromatic carbocycles. The number of amides is 1. The van der Waals surface area contributed by atoms with Gasteiger partial charge in [-0.15, -0.1) is 0 Å². The Balaban J connectivity index is 1.76. The summed E-state index contributed by atoms with van der Waals surface area (Å²) in [6, 6.07) is 15.1. The molecule has 7 nitrogen and oxygen atoms in total. The van der Waals surface area contributed by atoms with Crippen LogP contribution in [0, 0.1) is 12.7 Å². The molecule has 0 radical (unpaired) electrons. The molecule has 32 heavy (non-hydrogen) atoms. The van der Waals surface area contributed by atoms with E-state index in [0.717, 1.165) is 0 Å². The molecule has 0 aromatic heterocycles. The largest absolute Gasteiger partial charge is 0.497 e. The monoisotopic (exact) mass is 458 g/mol. The molecule has 0 unspecified atom stereocenters. The van der Waals surface area contributed by atoms with Crippen LogP contribution in [0.4, 0.5) is 10.1 Å². The average Bonchev–Trinajstić information content (AvgIpc) is 2.78. The van der Waals surface area contributed by atoms with Crippen molar-refractivity contribution in [1.29, 1.82) is 0 Å². The van der Waals surface area contributed by atoms with Crippen molar-refractivity contribution in [2.45, 2.75) is 18.4 Å². The smallest absolute Gasteiger partial charge is 0.261 e. The van der Waals surface area contributed by atoms with Gasteiger partial charge >= 0.3 is 0 Å². The molecule has 0 aliphatic rings. The fourth-order valence-corrected chi connectivity index (χ4v) is 4.07. The van der Waals surface area contributed by atoms with Crippen LogP contribution in [-0.4, -0.2) is 28.5 Å². The van der Waals surface area contributed by atoms with Crippen LogP contribution in [0.25, 0.3) is 0 Å². The molecule has 0 spiro atoms. The minimum atomic E-state index is -3.92. The number of carbonyl (C=O) groups excluding carboxylic acids is 1. The van der Waals surface area contributed by atoms with E-state index in [1.165, 1.54) is 38.5 Å². The number of benzene rings is 3. The van der Waals surface area contributed by atoms with Crippen LogP contribution in [0.5, 0.6) is 11.5 Å². The van der Waals surface area contributed by atoms with E-state index in [4.69, 9.17) is 9.47 Å². The van der Waals surface area contributed by atoms with E-state index in [-0.39, 0.29) is 22.8 Å². The Bertz CT molecular complexity index is 1230. The van der Waals surface area contributed by atoms with E-state index < -0.39 is 21.7 Å². The number of hydrogen-bond acceptors (Lipinski definition) is 5. The van der Waals surface area contributed by atoms with Crippen molar-refractivity contribution in [3.63, 3.8) is 0 Å². The second kappa shape index (κ2) is 9.69. The van der Waals surface area contributed by atoms with Crippen molar-refractivity contribution in [3.05, 3.63) is 83.2 Å². The van der Waals surface area contributed by atoms with Gasteiger partial charge in [0.2, 0.25) is 0 Å². The Hall–Kier alpha value is -3.59. The van der Waals surface area contributed by atoms with Gasteiger partial charge in [-0.05, 0) is 66.6 Å². The van der Waals surface area contributed by atoms with Crippen LogP contribution < -0.4 is 19.5 Å². The summed E-state index contributed by atoms with van der Waals surface area (Å²) in [4.78, 5) is 12.6. The lowest BCUT2D eigenvalue weighted by molar-refractivity contribution is 0.0950. The number of hydrogen-bond donors (Lipinski definition) is 2. The number of halogens is 1. The first-order chi connectivity index (χ1) is 15.2. The highest BCUT2D eigenvalue weighted by atomic mass is 32.2. The van der Waals surface area contributed by atoms with Gasteiger partial charge in [-0.1, -0.05) is 12.1 Å². The van der Waals surface area contributed by atoms with Gasteiger partial charge in [0.05, 0.1) is 19.1 Å². The van der Waals surface area contributed by atoms with Gasteiger partial charge in [0.25, 0.3) is 15.9 Å². The second-order valence-corrected chi connectivity index (χ2v) is 8.64. The van der Waals surface area contributed by atoms with Crippen LogP contribution in [0.1, 0.15) is 21.5 Å². The van der Waals surface area contributed by atoms with Crippen molar-refractivity contribution < 1.29 is 27.1 Å². The lowest BCUT2D eigenvalue weighted by Gasteiger charge is -2.12. The summed E-state index contributed by atoms with van der Waals surface area (Å²) >= 11 is 0. The first-order valence-corrected chi connectivity index (χ1v) is 11.1. The number of aryl methyl sites for hydroxylation is 1. The van der Waals surface area contributed by atoms with E-state index in [1.54, 1.807) is 43.3 Å². The highest BCUT2D eigenvalue weighted by Gasteiger charge is 2.18. The highest BCUT2D eigenvalue weighted by Crippen LogP contribution is 2.22. The molecule has 0 fully saturated rings. The normalized spacial score (nSPS) is 11.0. The van der Waals surface area contributed by atoms with E-state index >= 15 is 0 Å². The zero-order chi connectivity index (χ0) is 23.3. The van der Waals surface area contributed by atoms with Crippen LogP contribution in [0.2, 0.25) is 0 Å². The van der Waals surface area contributed by atoms with Gasteiger partial charge < -0.3 is 14.8 Å². The number of ether oxygens (including phenoxy) is 2. The molecule has 0 bridgehead atoms. The maximum Gasteiger partial charge on any atom is 0.261 e. The van der Waals surface area contributed by atoms with E-state index in [9.17, 15) is 17.6 Å². The Morgan fingerprint density at radius 2 is 1.69 bits per heavy atom. The Labute approximate surface area is 186 Å². The average molecular weight is 459 g/mol. The molecule has 0 saturated heterocycles. The molecule has 0 heterocycles. The molecule has 0 saturated carbocycles. The predicted octanol–water partition coefficient (Wildman–Crippen LogP) is 3.88. The van der Waals surface area contributed by atoms with Crippen molar-refractivity contribution in [1.82, 2.24) is 5.32 Å². The summed E-state index contributed by atoms with van der Waals surface area (Å²) in [7, 11) is -1.04. The first kappa shape index (κ1) is 23.1. The quantitative estimate of drug-likeness (QED) is 0.534. The van der Waals surface area contributed by atoms with Gasteiger partial charge in [0.1, 0.15) is 5.75 Å². The third-order valence-corrected chi connectivity index (χ3v) is 6.15. The lowest BCUT2D eigenvalue weighted by atomic mass is 10.1. The number of rotatable bonds is 8. The lowest BCUT2D eigenvalue weighted by Crippen LogP contribution is -2.24. The van der Waals surface area contributed by atoms with Gasteiger partial charge in [-0.25, -0.2) is 12.8 Å². The molecule has 2 N–H and O–H groups in total. The molecule has 3 aromatic rings. The van der Waals surface area contributed by atoms with Crippen molar-refractivity contribution in [2.75, 3.05) is 18.9 Å². The Kier molecular flexibility index (Phi) is 6.99. The third kappa shape index (κ3) is 5.36. The van der Waals surface area contributed by atoms with Gasteiger partial charge in [0.15, 0.2) is 11.6 Å². The predicted molar refractivity (Wildman–Crippen MR) is 119 cm³/mol. The molecule has 0 atom stereocenters. The van der Waals surface area contributed by atoms with E-state index in [1.807, 2.05) is 0 Å². The first-order valence-electron chi connectivity index (χ1n) is 9.61. The minimum absolute atomic E-state index is 0.0560. The molecular weight excluding hydrogens is 435 g/mol. The SMILES string of the molecule is COc1ccc(NS(=O)(=O)c2ccc(C)c(C(=O)NCc3ccc(OC)c(F)c3)c2)cc1. The standard InChI is InChI=1S/C23H23FN2O5S/c1-15-4-10-19(32(28,29)26-17-6-8-18(30-2)9-7-17)13-20(15)23(27)25-14-16-5-11-22(31-3)21(24)12-16/h4-13,26H,14H2,1-3H3,(H,25,27). The molecule has 9 heteroatoms. The summed E-state index contributed by atoms with van der Waals surface area (Å²) in [6.45, 7) is 1.77. The highest BCUT2D eigenvalue weighted by molar-refractivity contribution is 7.92. The number of methoxy groups -OCH3 is 2. The van der Waals surface area contributed by atoms with Crippen LogP contribution in [-0.2, 0) is 16.6 Å². The van der Waals surface area contributed by atoms with Gasteiger partial charge in [0, 0.05) is 17.8 Å². The minimum Gasteiger partial charge on any atom is -0.497 e. The number of nitrogens with one attached hydrogen (secondary N) is 2. The van der Waals surface area contributed by atoms with Gasteiger partial charge in [-0.3, -0.25) is 9.52 Å². The molecule has 3 rings (SSSR count). The fourth-order valence-electron chi connectivity index (χ4n) is 2.98. The molecule has 0 aliphatic carbocycles. The summed E-state index contributed by atoms with van der Waals surface area (Å²) in [6.07, 6.45) is 0. The Morgan fingerprint density at radius 3 is 2.31 bits per heavy atom. The van der Waals surface area contributed by atoms with Crippen LogP contribution >= 0.6 is 0 Å². The van der Waals surface area contributed by atoms with Crippen molar-refractivity contribution in [3.8, 4) is 11.5 Å². The summed E-state index contributed by atoms with van der Waals surface area (Å²) in [5.74, 6) is -0.300. The van der Waals surface area contributed by atoms with Crippen molar-refractivity contribution >= 4 is 21.6 Å². The van der Waals surface area contributed by atoms with Crippen molar-refractivity contribution in [2.24, 2.45) is 0 Å². The van der Waals surface area contributed by atoms with Crippen LogP contribution in [0.15, 0.2) is 65.6 Å². The third-order valence-electron chi connectivity index (χ3n) is 4.78. The molecule has 1 amide bonds. The summed E-state index contributed by atoms with van der Waals surface area (Å²) < 4.78 is 51.9. The molecular formula is C23H23FN2O5S. The number of anilines is 1. The maximum absolute atomic E-state index is 13.8. The second-order valence-electron chi connectivity index (χ2n) is 6.96.